The molecule has 0 bridgehead atoms. The van der Waals surface area contributed by atoms with Gasteiger partial charge in [0.2, 0.25) is 0 Å². The smallest absolute Gasteiger partial charge is 0.342 e. The number of rotatable bonds is 4. The van der Waals surface area contributed by atoms with Gasteiger partial charge in [0, 0.05) is 10.6 Å². The molecule has 0 spiro atoms. The van der Waals surface area contributed by atoms with E-state index in [-0.39, 0.29) is 5.69 Å². The third kappa shape index (κ3) is 4.23. The molecule has 3 rings (SSSR count). The summed E-state index contributed by atoms with van der Waals surface area (Å²) >= 11 is 5.87. The van der Waals surface area contributed by atoms with Crippen molar-refractivity contribution in [2.75, 3.05) is 6.54 Å². The summed E-state index contributed by atoms with van der Waals surface area (Å²) in [6.07, 6.45) is -4.49. The summed E-state index contributed by atoms with van der Waals surface area (Å²) < 4.78 is 38.6. The summed E-state index contributed by atoms with van der Waals surface area (Å²) in [5, 5.41) is 6.80. The topological polar surface area (TPSA) is 46.9 Å². The number of para-hydroxylation sites is 1. The van der Waals surface area contributed by atoms with Crippen molar-refractivity contribution in [3.05, 3.63) is 71.4 Å². The molecule has 2 aromatic carbocycles. The molecule has 1 N–H and O–H groups in total. The summed E-state index contributed by atoms with van der Waals surface area (Å²) in [4.78, 5) is 12.3. The van der Waals surface area contributed by atoms with Crippen LogP contribution in [0.25, 0.3) is 16.9 Å². The lowest BCUT2D eigenvalue weighted by Gasteiger charge is -2.10. The number of nitrogens with zero attached hydrogens (tertiary/aromatic N) is 2. The zero-order valence-corrected chi connectivity index (χ0v) is 14.1. The van der Waals surface area contributed by atoms with E-state index < -0.39 is 18.6 Å². The Morgan fingerprint density at radius 1 is 1.08 bits per heavy atom. The molecule has 0 atom stereocenters. The van der Waals surface area contributed by atoms with Gasteiger partial charge in [-0.1, -0.05) is 41.9 Å². The van der Waals surface area contributed by atoms with Gasteiger partial charge < -0.3 is 5.32 Å². The van der Waals surface area contributed by atoms with E-state index in [2.05, 4.69) is 5.10 Å². The molecule has 1 amide bonds. The fraction of sp³-hybridized carbons (Fsp3) is 0.111. The summed E-state index contributed by atoms with van der Waals surface area (Å²) in [6.45, 7) is -1.41. The molecule has 4 nitrogen and oxygen atoms in total. The van der Waals surface area contributed by atoms with Crippen LogP contribution in [0.5, 0.6) is 0 Å². The predicted octanol–water partition coefficient (Wildman–Crippen LogP) is 4.48. The normalized spacial score (nSPS) is 11.4. The van der Waals surface area contributed by atoms with E-state index in [4.69, 9.17) is 11.6 Å². The van der Waals surface area contributed by atoms with Crippen LogP contribution in [0.3, 0.4) is 0 Å². The van der Waals surface area contributed by atoms with E-state index >= 15 is 0 Å². The minimum atomic E-state index is -4.49. The molecule has 0 unspecified atom stereocenters. The quantitative estimate of drug-likeness (QED) is 0.726. The lowest BCUT2D eigenvalue weighted by molar-refractivity contribution is -0.123. The standard InChI is InChI=1S/C18H13ClF3N3O/c19-13-8-6-12(7-9-13)15-10-16(17(26)23-11-18(20,21)22)25(24-15)14-4-2-1-3-5-14/h1-10H,11H2,(H,23,26). The Hall–Kier alpha value is -2.80. The highest BCUT2D eigenvalue weighted by atomic mass is 35.5. The second-order valence-corrected chi connectivity index (χ2v) is 5.90. The summed E-state index contributed by atoms with van der Waals surface area (Å²) in [5.41, 5.74) is 1.70. The van der Waals surface area contributed by atoms with Crippen molar-refractivity contribution in [3.8, 4) is 16.9 Å². The molecule has 0 saturated carbocycles. The van der Waals surface area contributed by atoms with Gasteiger partial charge in [0.25, 0.3) is 5.91 Å². The van der Waals surface area contributed by atoms with Gasteiger partial charge in [0.05, 0.1) is 11.4 Å². The number of amides is 1. The number of hydrogen-bond donors (Lipinski definition) is 1. The fourth-order valence-corrected chi connectivity index (χ4v) is 2.47. The van der Waals surface area contributed by atoms with Crippen LogP contribution in [-0.4, -0.2) is 28.4 Å². The predicted molar refractivity (Wildman–Crippen MR) is 92.4 cm³/mol. The second-order valence-electron chi connectivity index (χ2n) is 5.47. The Balaban J connectivity index is 2.01. The van der Waals surface area contributed by atoms with Gasteiger partial charge in [-0.3, -0.25) is 4.79 Å². The zero-order valence-electron chi connectivity index (χ0n) is 13.3. The first kappa shape index (κ1) is 18.0. The Kier molecular flexibility index (Phi) is 4.99. The molecule has 3 aromatic rings. The number of carbonyl (C=O) groups excluding carboxylic acids is 1. The van der Waals surface area contributed by atoms with Crippen LogP contribution in [0.1, 0.15) is 10.5 Å². The molecule has 1 heterocycles. The van der Waals surface area contributed by atoms with Crippen LogP contribution in [-0.2, 0) is 0 Å². The lowest BCUT2D eigenvalue weighted by Crippen LogP contribution is -2.34. The summed E-state index contributed by atoms with van der Waals surface area (Å²) in [5.74, 6) is -0.862. The molecule has 0 aliphatic heterocycles. The fourth-order valence-electron chi connectivity index (χ4n) is 2.34. The van der Waals surface area contributed by atoms with E-state index in [0.29, 0.717) is 22.0 Å². The lowest BCUT2D eigenvalue weighted by atomic mass is 10.1. The molecule has 8 heteroatoms. The van der Waals surface area contributed by atoms with Crippen molar-refractivity contribution < 1.29 is 18.0 Å². The first-order valence-electron chi connectivity index (χ1n) is 7.60. The number of aromatic nitrogens is 2. The minimum absolute atomic E-state index is 0.00500. The monoisotopic (exact) mass is 379 g/mol. The zero-order chi connectivity index (χ0) is 18.7. The number of carbonyl (C=O) groups is 1. The highest BCUT2D eigenvalue weighted by Gasteiger charge is 2.29. The van der Waals surface area contributed by atoms with E-state index in [9.17, 15) is 18.0 Å². The van der Waals surface area contributed by atoms with Crippen LogP contribution in [0.2, 0.25) is 5.02 Å². The molecule has 0 saturated heterocycles. The van der Waals surface area contributed by atoms with Gasteiger partial charge in [0.15, 0.2) is 0 Å². The molecule has 0 fully saturated rings. The van der Waals surface area contributed by atoms with E-state index in [1.165, 1.54) is 10.7 Å². The molecule has 134 valence electrons. The van der Waals surface area contributed by atoms with Crippen molar-refractivity contribution in [2.24, 2.45) is 0 Å². The number of alkyl halides is 3. The number of nitrogens with one attached hydrogen (secondary N) is 1. The summed E-state index contributed by atoms with van der Waals surface area (Å²) in [6, 6.07) is 16.9. The highest BCUT2D eigenvalue weighted by molar-refractivity contribution is 6.30. The van der Waals surface area contributed by atoms with Crippen LogP contribution >= 0.6 is 11.6 Å². The Morgan fingerprint density at radius 2 is 1.73 bits per heavy atom. The van der Waals surface area contributed by atoms with Gasteiger partial charge in [0.1, 0.15) is 12.2 Å². The van der Waals surface area contributed by atoms with Crippen molar-refractivity contribution in [1.29, 1.82) is 0 Å². The van der Waals surface area contributed by atoms with Crippen molar-refractivity contribution in [1.82, 2.24) is 15.1 Å². The van der Waals surface area contributed by atoms with Gasteiger partial charge >= 0.3 is 6.18 Å². The average Bonchev–Trinajstić information content (AvgIpc) is 3.06. The van der Waals surface area contributed by atoms with Gasteiger partial charge in [-0.05, 0) is 30.3 Å². The Bertz CT molecular complexity index is 906. The van der Waals surface area contributed by atoms with Crippen LogP contribution in [0, 0.1) is 0 Å². The van der Waals surface area contributed by atoms with E-state index in [1.54, 1.807) is 54.6 Å². The molecule has 0 aliphatic carbocycles. The minimum Gasteiger partial charge on any atom is -0.342 e. The maximum Gasteiger partial charge on any atom is 0.405 e. The Morgan fingerprint density at radius 3 is 2.35 bits per heavy atom. The van der Waals surface area contributed by atoms with Crippen LogP contribution < -0.4 is 5.32 Å². The first-order valence-corrected chi connectivity index (χ1v) is 7.98. The average molecular weight is 380 g/mol. The second kappa shape index (κ2) is 7.21. The number of halogens is 4. The third-order valence-electron chi connectivity index (χ3n) is 3.53. The maximum atomic E-state index is 12.4. The molecular formula is C18H13ClF3N3O. The van der Waals surface area contributed by atoms with Crippen molar-refractivity contribution in [3.63, 3.8) is 0 Å². The van der Waals surface area contributed by atoms with Crippen molar-refractivity contribution in [2.45, 2.75) is 6.18 Å². The molecule has 0 aliphatic rings. The van der Waals surface area contributed by atoms with Gasteiger partial charge in [-0.25, -0.2) is 4.68 Å². The van der Waals surface area contributed by atoms with Gasteiger partial charge in [-0.2, -0.15) is 18.3 Å². The summed E-state index contributed by atoms with van der Waals surface area (Å²) in [7, 11) is 0. The SMILES string of the molecule is O=C(NCC(F)(F)F)c1cc(-c2ccc(Cl)cc2)nn1-c1ccccc1. The number of hydrogen-bond acceptors (Lipinski definition) is 2. The largest absolute Gasteiger partial charge is 0.405 e. The number of benzene rings is 2. The Labute approximate surface area is 152 Å². The molecule has 1 aromatic heterocycles. The van der Waals surface area contributed by atoms with Crippen molar-refractivity contribution >= 4 is 17.5 Å². The molecular weight excluding hydrogens is 367 g/mol. The van der Waals surface area contributed by atoms with Gasteiger partial charge in [-0.15, -0.1) is 0 Å². The maximum absolute atomic E-state index is 12.4. The van der Waals surface area contributed by atoms with E-state index in [1.807, 2.05) is 5.32 Å². The molecule has 26 heavy (non-hydrogen) atoms. The first-order chi connectivity index (χ1) is 12.3. The molecule has 0 radical (unpaired) electrons. The van der Waals surface area contributed by atoms with Crippen LogP contribution in [0.4, 0.5) is 13.2 Å². The van der Waals surface area contributed by atoms with Crippen LogP contribution in [0.15, 0.2) is 60.7 Å². The third-order valence-corrected chi connectivity index (χ3v) is 3.78. The van der Waals surface area contributed by atoms with E-state index in [0.717, 1.165) is 0 Å². The highest BCUT2D eigenvalue weighted by Crippen LogP contribution is 2.23.